The summed E-state index contributed by atoms with van der Waals surface area (Å²) >= 11 is 0. The second kappa shape index (κ2) is 7.63. The number of amides is 4. The Hall–Kier alpha value is -2.49. The molecule has 10 heteroatoms. The van der Waals surface area contributed by atoms with Gasteiger partial charge in [0.05, 0.1) is 17.9 Å². The molecule has 4 amide bonds. The second-order valence-corrected chi connectivity index (χ2v) is 8.97. The average Bonchev–Trinajstić information content (AvgIpc) is 3.04. The number of nitrogens with one attached hydrogen (secondary N) is 2. The minimum absolute atomic E-state index is 0.0326. The Morgan fingerprint density at radius 1 is 1.33 bits per heavy atom. The summed E-state index contributed by atoms with van der Waals surface area (Å²) in [5.41, 5.74) is 0.652. The molecule has 0 radical (unpaired) electrons. The molecular formula is C17H20FN3O5S. The van der Waals surface area contributed by atoms with Crippen molar-refractivity contribution in [3.8, 4) is 0 Å². The van der Waals surface area contributed by atoms with Gasteiger partial charge in [0.2, 0.25) is 5.91 Å². The van der Waals surface area contributed by atoms with Gasteiger partial charge in [-0.25, -0.2) is 17.6 Å². The lowest BCUT2D eigenvalue weighted by Crippen LogP contribution is -2.41. The van der Waals surface area contributed by atoms with E-state index in [0.29, 0.717) is 18.4 Å². The third-order valence-electron chi connectivity index (χ3n) is 4.61. The van der Waals surface area contributed by atoms with Crippen LogP contribution in [0.4, 0.5) is 9.18 Å². The predicted molar refractivity (Wildman–Crippen MR) is 94.0 cm³/mol. The highest BCUT2D eigenvalue weighted by molar-refractivity contribution is 7.91. The van der Waals surface area contributed by atoms with Gasteiger partial charge in [0.25, 0.3) is 5.91 Å². The Labute approximate surface area is 156 Å². The van der Waals surface area contributed by atoms with Gasteiger partial charge in [-0.15, -0.1) is 0 Å². The number of urea groups is 1. The zero-order valence-electron chi connectivity index (χ0n) is 14.5. The first-order chi connectivity index (χ1) is 12.7. The Morgan fingerprint density at radius 3 is 2.78 bits per heavy atom. The average molecular weight is 397 g/mol. The molecule has 146 valence electrons. The molecule has 0 aliphatic carbocycles. The van der Waals surface area contributed by atoms with E-state index in [4.69, 9.17) is 0 Å². The van der Waals surface area contributed by atoms with Gasteiger partial charge in [0.15, 0.2) is 9.84 Å². The molecule has 0 bridgehead atoms. The molecule has 2 N–H and O–H groups in total. The van der Waals surface area contributed by atoms with E-state index in [1.54, 1.807) is 12.1 Å². The van der Waals surface area contributed by atoms with Crippen LogP contribution >= 0.6 is 0 Å². The molecule has 2 heterocycles. The van der Waals surface area contributed by atoms with Gasteiger partial charge in [-0.05, 0) is 30.5 Å². The van der Waals surface area contributed by atoms with Gasteiger partial charge in [0, 0.05) is 12.6 Å². The first kappa shape index (κ1) is 19.3. The molecule has 0 saturated carbocycles. The molecule has 0 spiro atoms. The minimum atomic E-state index is -3.12. The smallest absolute Gasteiger partial charge is 0.324 e. The van der Waals surface area contributed by atoms with Crippen molar-refractivity contribution in [2.45, 2.75) is 31.3 Å². The molecule has 1 aromatic carbocycles. The van der Waals surface area contributed by atoms with Crippen molar-refractivity contribution < 1.29 is 27.2 Å². The summed E-state index contributed by atoms with van der Waals surface area (Å²) in [6.45, 7) is 0.0765. The van der Waals surface area contributed by atoms with Crippen LogP contribution in [0.1, 0.15) is 18.4 Å². The van der Waals surface area contributed by atoms with E-state index in [1.807, 2.05) is 0 Å². The largest absolute Gasteiger partial charge is 0.352 e. The van der Waals surface area contributed by atoms with E-state index in [1.165, 1.54) is 12.1 Å². The van der Waals surface area contributed by atoms with Crippen molar-refractivity contribution in [2.75, 3.05) is 18.1 Å². The standard InChI is InChI=1S/C17H20FN3O5S/c18-12-3-1-2-11(8-12)4-6-21-16(23)14(20-17(21)24)9-15(22)19-13-5-7-27(25,26)10-13/h1-3,8,13-14H,4-7,9-10H2,(H,19,22)(H,20,24). The summed E-state index contributed by atoms with van der Waals surface area (Å²) in [5.74, 6) is -1.48. The minimum Gasteiger partial charge on any atom is -0.352 e. The first-order valence-corrected chi connectivity index (χ1v) is 10.4. The maximum atomic E-state index is 13.2. The molecule has 1 aromatic rings. The van der Waals surface area contributed by atoms with Crippen LogP contribution in [0.2, 0.25) is 0 Å². The van der Waals surface area contributed by atoms with E-state index in [0.717, 1.165) is 4.90 Å². The summed E-state index contributed by atoms with van der Waals surface area (Å²) in [7, 11) is -3.12. The summed E-state index contributed by atoms with van der Waals surface area (Å²) in [4.78, 5) is 37.5. The van der Waals surface area contributed by atoms with Crippen molar-refractivity contribution in [2.24, 2.45) is 0 Å². The van der Waals surface area contributed by atoms with E-state index in [-0.39, 0.29) is 24.5 Å². The van der Waals surface area contributed by atoms with Gasteiger partial charge in [-0.2, -0.15) is 0 Å². The number of nitrogens with zero attached hydrogens (tertiary/aromatic N) is 1. The molecule has 8 nitrogen and oxygen atoms in total. The molecule has 2 fully saturated rings. The third kappa shape index (κ3) is 4.82. The fourth-order valence-electron chi connectivity index (χ4n) is 3.24. The lowest BCUT2D eigenvalue weighted by Gasteiger charge is -2.14. The molecule has 2 atom stereocenters. The molecule has 0 aromatic heterocycles. The third-order valence-corrected chi connectivity index (χ3v) is 6.38. The summed E-state index contributed by atoms with van der Waals surface area (Å²) in [5, 5.41) is 5.05. The second-order valence-electron chi connectivity index (χ2n) is 6.74. The van der Waals surface area contributed by atoms with Crippen LogP contribution in [0.25, 0.3) is 0 Å². The van der Waals surface area contributed by atoms with Crippen LogP contribution < -0.4 is 10.6 Å². The normalized spacial score (nSPS) is 24.1. The quantitative estimate of drug-likeness (QED) is 0.655. The first-order valence-electron chi connectivity index (χ1n) is 8.59. The topological polar surface area (TPSA) is 113 Å². The maximum absolute atomic E-state index is 13.2. The Bertz CT molecular complexity index is 873. The van der Waals surface area contributed by atoms with E-state index < -0.39 is 45.6 Å². The highest BCUT2D eigenvalue weighted by Crippen LogP contribution is 2.14. The summed E-state index contributed by atoms with van der Waals surface area (Å²) in [6, 6.07) is 3.84. The van der Waals surface area contributed by atoms with Crippen LogP contribution in [0.15, 0.2) is 24.3 Å². The van der Waals surface area contributed by atoms with Crippen molar-refractivity contribution >= 4 is 27.7 Å². The molecule has 2 aliphatic rings. The number of carbonyl (C=O) groups excluding carboxylic acids is 3. The van der Waals surface area contributed by atoms with Crippen LogP contribution in [-0.2, 0) is 25.8 Å². The number of benzene rings is 1. The number of hydrogen-bond donors (Lipinski definition) is 2. The molecule has 2 unspecified atom stereocenters. The molecule has 27 heavy (non-hydrogen) atoms. The van der Waals surface area contributed by atoms with E-state index >= 15 is 0 Å². The molecule has 3 rings (SSSR count). The number of hydrogen-bond acceptors (Lipinski definition) is 5. The fourth-order valence-corrected chi connectivity index (χ4v) is 4.91. The number of imide groups is 1. The summed E-state index contributed by atoms with van der Waals surface area (Å²) < 4.78 is 36.0. The Balaban J connectivity index is 1.52. The van der Waals surface area contributed by atoms with Crippen LogP contribution in [0.5, 0.6) is 0 Å². The van der Waals surface area contributed by atoms with Gasteiger partial charge in [0.1, 0.15) is 11.9 Å². The van der Waals surface area contributed by atoms with Crippen molar-refractivity contribution in [3.63, 3.8) is 0 Å². The Kier molecular flexibility index (Phi) is 5.45. The van der Waals surface area contributed by atoms with Crippen LogP contribution in [0, 0.1) is 5.82 Å². The monoisotopic (exact) mass is 397 g/mol. The highest BCUT2D eigenvalue weighted by atomic mass is 32.2. The van der Waals surface area contributed by atoms with Gasteiger partial charge in [-0.1, -0.05) is 12.1 Å². The number of carbonyl (C=O) groups is 3. The highest BCUT2D eigenvalue weighted by Gasteiger charge is 2.39. The Morgan fingerprint density at radius 2 is 2.11 bits per heavy atom. The lowest BCUT2D eigenvalue weighted by molar-refractivity contribution is -0.131. The number of sulfone groups is 1. The van der Waals surface area contributed by atoms with Gasteiger partial charge in [-0.3, -0.25) is 14.5 Å². The van der Waals surface area contributed by atoms with Gasteiger partial charge < -0.3 is 10.6 Å². The molecular weight excluding hydrogens is 377 g/mol. The van der Waals surface area contributed by atoms with E-state index in [9.17, 15) is 27.2 Å². The van der Waals surface area contributed by atoms with Gasteiger partial charge >= 0.3 is 6.03 Å². The van der Waals surface area contributed by atoms with Crippen LogP contribution in [0.3, 0.4) is 0 Å². The predicted octanol–water partition coefficient (Wildman–Crippen LogP) is -0.0180. The number of rotatable bonds is 6. The van der Waals surface area contributed by atoms with Crippen molar-refractivity contribution in [1.82, 2.24) is 15.5 Å². The fraction of sp³-hybridized carbons (Fsp3) is 0.471. The lowest BCUT2D eigenvalue weighted by atomic mass is 10.1. The zero-order valence-corrected chi connectivity index (χ0v) is 15.3. The van der Waals surface area contributed by atoms with Crippen molar-refractivity contribution in [1.29, 1.82) is 0 Å². The van der Waals surface area contributed by atoms with Crippen molar-refractivity contribution in [3.05, 3.63) is 35.6 Å². The van der Waals surface area contributed by atoms with E-state index in [2.05, 4.69) is 10.6 Å². The number of halogens is 1. The molecule has 2 aliphatic heterocycles. The van der Waals surface area contributed by atoms with Crippen LogP contribution in [-0.4, -0.2) is 61.3 Å². The SMILES string of the molecule is O=C(CC1NC(=O)N(CCc2cccc(F)c2)C1=O)NC1CCS(=O)(=O)C1. The molecule has 2 saturated heterocycles. The maximum Gasteiger partial charge on any atom is 0.324 e. The zero-order chi connectivity index (χ0) is 19.6. The summed E-state index contributed by atoms with van der Waals surface area (Å²) in [6.07, 6.45) is 0.395.